The molecule has 3 aromatic rings. The lowest BCUT2D eigenvalue weighted by Gasteiger charge is -2.35. The standard InChI is InChI=1S/C29H28N4O5S/c34-25-12-11-24(26(35)31-25)33-15-19-14-21(9-10-22(19)28(33)36)38-16-20-8-4-5-13-32(20)29(37)23-17-39-27(30-23)18-6-2-1-3-7-18/h1-3,6-7,9-10,14,17,20,24H,4-5,8,11-13,15-16H2,(H,31,34,35)/t20-,24?/m0/s1. The second-order valence-electron chi connectivity index (χ2n) is 10.1. The van der Waals surface area contributed by atoms with Gasteiger partial charge in [0.25, 0.3) is 11.8 Å². The number of amides is 4. The highest BCUT2D eigenvalue weighted by Crippen LogP contribution is 2.31. The number of rotatable bonds is 6. The molecule has 1 aromatic heterocycles. The molecule has 10 heteroatoms. The zero-order chi connectivity index (χ0) is 26.9. The van der Waals surface area contributed by atoms with Crippen molar-refractivity contribution in [2.75, 3.05) is 13.2 Å². The van der Waals surface area contributed by atoms with E-state index in [2.05, 4.69) is 10.3 Å². The van der Waals surface area contributed by atoms with E-state index in [9.17, 15) is 19.2 Å². The number of piperidine rings is 2. The van der Waals surface area contributed by atoms with Gasteiger partial charge in [-0.3, -0.25) is 24.5 Å². The number of nitrogens with one attached hydrogen (secondary N) is 1. The van der Waals surface area contributed by atoms with Crippen LogP contribution in [0.15, 0.2) is 53.9 Å². The number of carbonyl (C=O) groups is 4. The number of carbonyl (C=O) groups excluding carboxylic acids is 4. The fraction of sp³-hybridized carbons (Fsp3) is 0.345. The lowest BCUT2D eigenvalue weighted by atomic mass is 10.0. The first kappa shape index (κ1) is 25.2. The first-order chi connectivity index (χ1) is 19.0. The van der Waals surface area contributed by atoms with E-state index in [1.54, 1.807) is 12.1 Å². The molecule has 4 heterocycles. The summed E-state index contributed by atoms with van der Waals surface area (Å²) in [6.07, 6.45) is 3.34. The molecule has 2 aromatic carbocycles. The molecule has 200 valence electrons. The first-order valence-electron chi connectivity index (χ1n) is 13.2. The Morgan fingerprint density at radius 1 is 1.08 bits per heavy atom. The minimum Gasteiger partial charge on any atom is -0.491 e. The summed E-state index contributed by atoms with van der Waals surface area (Å²) < 4.78 is 6.15. The number of nitrogens with zero attached hydrogens (tertiary/aromatic N) is 3. The van der Waals surface area contributed by atoms with Gasteiger partial charge >= 0.3 is 0 Å². The Morgan fingerprint density at radius 2 is 1.92 bits per heavy atom. The van der Waals surface area contributed by atoms with Crippen molar-refractivity contribution in [3.05, 3.63) is 70.7 Å². The van der Waals surface area contributed by atoms with E-state index in [4.69, 9.17) is 4.74 Å². The summed E-state index contributed by atoms with van der Waals surface area (Å²) in [5.41, 5.74) is 2.77. The molecule has 6 rings (SSSR count). The fourth-order valence-electron chi connectivity index (χ4n) is 5.51. The van der Waals surface area contributed by atoms with E-state index in [0.29, 0.717) is 43.1 Å². The molecule has 1 unspecified atom stereocenters. The second kappa shape index (κ2) is 10.6. The number of hydrogen-bond acceptors (Lipinski definition) is 7. The molecule has 0 radical (unpaired) electrons. The van der Waals surface area contributed by atoms with E-state index in [1.165, 1.54) is 16.2 Å². The highest BCUT2D eigenvalue weighted by Gasteiger charge is 2.39. The van der Waals surface area contributed by atoms with Gasteiger partial charge in [0.05, 0.1) is 6.04 Å². The maximum absolute atomic E-state index is 13.4. The third-order valence-electron chi connectivity index (χ3n) is 7.57. The van der Waals surface area contributed by atoms with Gasteiger partial charge in [0.2, 0.25) is 11.8 Å². The molecule has 1 N–H and O–H groups in total. The minimum absolute atomic E-state index is 0.0806. The van der Waals surface area contributed by atoms with Gasteiger partial charge in [-0.25, -0.2) is 4.98 Å². The van der Waals surface area contributed by atoms with Crippen molar-refractivity contribution >= 4 is 35.0 Å². The van der Waals surface area contributed by atoms with E-state index >= 15 is 0 Å². The van der Waals surface area contributed by atoms with E-state index < -0.39 is 11.9 Å². The van der Waals surface area contributed by atoms with Crippen molar-refractivity contribution in [1.29, 1.82) is 0 Å². The highest BCUT2D eigenvalue weighted by atomic mass is 32.1. The SMILES string of the molecule is O=C1CCC(N2Cc3cc(OC[C@@H]4CCCCN4C(=O)c4csc(-c5ccccc5)n4)ccc3C2=O)C(=O)N1. The summed E-state index contributed by atoms with van der Waals surface area (Å²) in [5, 5.41) is 4.97. The molecule has 4 amide bonds. The predicted molar refractivity (Wildman–Crippen MR) is 144 cm³/mol. The summed E-state index contributed by atoms with van der Waals surface area (Å²) in [5.74, 6) is -0.418. The quantitative estimate of drug-likeness (QED) is 0.475. The number of hydrogen-bond donors (Lipinski definition) is 1. The van der Waals surface area contributed by atoms with Crippen LogP contribution in [0.1, 0.15) is 58.5 Å². The molecule has 9 nitrogen and oxygen atoms in total. The van der Waals surface area contributed by atoms with Gasteiger partial charge in [-0.2, -0.15) is 0 Å². The van der Waals surface area contributed by atoms with Crippen LogP contribution in [0, 0.1) is 0 Å². The van der Waals surface area contributed by atoms with Crippen LogP contribution in [-0.2, 0) is 16.1 Å². The van der Waals surface area contributed by atoms with Crippen LogP contribution >= 0.6 is 11.3 Å². The van der Waals surface area contributed by atoms with Crippen LogP contribution in [0.3, 0.4) is 0 Å². The van der Waals surface area contributed by atoms with E-state index in [-0.39, 0.29) is 30.2 Å². The Labute approximate surface area is 229 Å². The summed E-state index contributed by atoms with van der Waals surface area (Å²) >= 11 is 1.47. The molecule has 2 atom stereocenters. The molecule has 3 aliphatic rings. The second-order valence-corrected chi connectivity index (χ2v) is 10.9. The maximum atomic E-state index is 13.4. The fourth-order valence-corrected chi connectivity index (χ4v) is 6.31. The van der Waals surface area contributed by atoms with Crippen molar-refractivity contribution in [2.24, 2.45) is 0 Å². The van der Waals surface area contributed by atoms with Crippen molar-refractivity contribution < 1.29 is 23.9 Å². The van der Waals surface area contributed by atoms with Gasteiger partial charge in [-0.05, 0) is 49.4 Å². The third-order valence-corrected chi connectivity index (χ3v) is 8.46. The Morgan fingerprint density at radius 3 is 2.74 bits per heavy atom. The summed E-state index contributed by atoms with van der Waals surface area (Å²) in [4.78, 5) is 58.2. The number of benzene rings is 2. The van der Waals surface area contributed by atoms with Gasteiger partial charge in [0.1, 0.15) is 29.1 Å². The number of thiazole rings is 1. The van der Waals surface area contributed by atoms with Crippen LogP contribution in [0.25, 0.3) is 10.6 Å². The highest BCUT2D eigenvalue weighted by molar-refractivity contribution is 7.13. The van der Waals surface area contributed by atoms with Crippen LogP contribution in [0.5, 0.6) is 5.75 Å². The molecule has 0 bridgehead atoms. The Hall–Kier alpha value is -4.05. The predicted octanol–water partition coefficient (Wildman–Crippen LogP) is 3.64. The van der Waals surface area contributed by atoms with Crippen LogP contribution in [-0.4, -0.2) is 63.6 Å². The summed E-state index contributed by atoms with van der Waals surface area (Å²) in [6.45, 7) is 1.29. The molecule has 0 spiro atoms. The number of imide groups is 1. The van der Waals surface area contributed by atoms with Crippen molar-refractivity contribution in [1.82, 2.24) is 20.1 Å². The maximum Gasteiger partial charge on any atom is 0.273 e. The largest absolute Gasteiger partial charge is 0.491 e. The van der Waals surface area contributed by atoms with E-state index in [1.807, 2.05) is 46.7 Å². The van der Waals surface area contributed by atoms with Crippen LogP contribution in [0.2, 0.25) is 0 Å². The molecule has 3 aliphatic heterocycles. The van der Waals surface area contributed by atoms with Gasteiger partial charge in [-0.15, -0.1) is 11.3 Å². The Bertz CT molecular complexity index is 1440. The van der Waals surface area contributed by atoms with Crippen molar-refractivity contribution in [2.45, 2.75) is 50.7 Å². The zero-order valence-corrected chi connectivity index (χ0v) is 22.1. The van der Waals surface area contributed by atoms with Gasteiger partial charge in [0, 0.05) is 36.0 Å². The molecular formula is C29H28N4O5S. The lowest BCUT2D eigenvalue weighted by molar-refractivity contribution is -0.136. The van der Waals surface area contributed by atoms with Crippen LogP contribution in [0.4, 0.5) is 0 Å². The molecular weight excluding hydrogens is 516 g/mol. The Balaban J connectivity index is 1.12. The Kier molecular flexibility index (Phi) is 6.86. The first-order valence-corrected chi connectivity index (χ1v) is 14.1. The summed E-state index contributed by atoms with van der Waals surface area (Å²) in [7, 11) is 0. The molecule has 2 saturated heterocycles. The smallest absolute Gasteiger partial charge is 0.273 e. The van der Waals surface area contributed by atoms with Crippen LogP contribution < -0.4 is 10.1 Å². The zero-order valence-electron chi connectivity index (χ0n) is 21.3. The third kappa shape index (κ3) is 5.04. The number of fused-ring (bicyclic) bond motifs is 1. The van der Waals surface area contributed by atoms with Gasteiger partial charge in [-0.1, -0.05) is 30.3 Å². The molecule has 0 saturated carbocycles. The normalized spacial score (nSPS) is 21.1. The molecule has 39 heavy (non-hydrogen) atoms. The van der Waals surface area contributed by atoms with Crippen molar-refractivity contribution in [3.63, 3.8) is 0 Å². The van der Waals surface area contributed by atoms with Gasteiger partial charge < -0.3 is 14.5 Å². The number of likely N-dealkylation sites (tertiary alicyclic amines) is 1. The minimum atomic E-state index is -0.651. The molecule has 2 fully saturated rings. The molecule has 0 aliphatic carbocycles. The average molecular weight is 545 g/mol. The summed E-state index contributed by atoms with van der Waals surface area (Å²) in [6, 6.07) is 14.4. The average Bonchev–Trinajstić information content (AvgIpc) is 3.57. The van der Waals surface area contributed by atoms with Crippen molar-refractivity contribution in [3.8, 4) is 16.3 Å². The number of ether oxygens (including phenoxy) is 1. The monoisotopic (exact) mass is 544 g/mol. The van der Waals surface area contributed by atoms with E-state index in [0.717, 1.165) is 35.4 Å². The lowest BCUT2D eigenvalue weighted by Crippen LogP contribution is -2.52. The topological polar surface area (TPSA) is 109 Å². The number of aromatic nitrogens is 1. The van der Waals surface area contributed by atoms with Gasteiger partial charge in [0.15, 0.2) is 0 Å².